The van der Waals surface area contributed by atoms with Crippen molar-refractivity contribution in [2.45, 2.75) is 31.7 Å². The molecule has 1 N–H and O–H groups in total. The first-order valence-corrected chi connectivity index (χ1v) is 5.66. The van der Waals surface area contributed by atoms with Crippen molar-refractivity contribution in [1.82, 2.24) is 5.32 Å². The van der Waals surface area contributed by atoms with Gasteiger partial charge in [-0.3, -0.25) is 4.79 Å². The zero-order valence-corrected chi connectivity index (χ0v) is 8.91. The van der Waals surface area contributed by atoms with Gasteiger partial charge in [-0.05, 0) is 24.9 Å². The fourth-order valence-corrected chi connectivity index (χ4v) is 2.05. The molecule has 1 aromatic carbocycles. The summed E-state index contributed by atoms with van der Waals surface area (Å²) in [5, 5.41) is 3.29. The molecule has 2 nitrogen and oxygen atoms in total. The maximum absolute atomic E-state index is 11.9. The molecule has 0 aliphatic carbocycles. The Balaban J connectivity index is 1.91. The molecule has 1 heterocycles. The molecule has 0 spiro atoms. The number of rotatable bonds is 3. The van der Waals surface area contributed by atoms with E-state index in [2.05, 4.69) is 5.32 Å². The molecular weight excluding hydrogens is 186 g/mol. The van der Waals surface area contributed by atoms with E-state index in [9.17, 15) is 4.79 Å². The summed E-state index contributed by atoms with van der Waals surface area (Å²) in [5.41, 5.74) is 1.12. The average Bonchev–Trinajstić information content (AvgIpc) is 2.31. The Morgan fingerprint density at radius 3 is 2.73 bits per heavy atom. The van der Waals surface area contributed by atoms with Gasteiger partial charge < -0.3 is 5.32 Å². The van der Waals surface area contributed by atoms with E-state index in [1.807, 2.05) is 30.3 Å². The van der Waals surface area contributed by atoms with Gasteiger partial charge in [-0.2, -0.15) is 0 Å². The number of ketones is 1. The van der Waals surface area contributed by atoms with E-state index in [0.717, 1.165) is 18.5 Å². The second-order valence-corrected chi connectivity index (χ2v) is 4.13. The summed E-state index contributed by atoms with van der Waals surface area (Å²) in [6.07, 6.45) is 3.96. The number of carbonyl (C=O) groups excluding carboxylic acids is 1. The van der Waals surface area contributed by atoms with Gasteiger partial charge in [0.15, 0.2) is 5.78 Å². The molecule has 1 unspecified atom stereocenters. The predicted molar refractivity (Wildman–Crippen MR) is 60.8 cm³/mol. The van der Waals surface area contributed by atoms with Crippen LogP contribution in [0.4, 0.5) is 0 Å². The molecule has 0 saturated carbocycles. The summed E-state index contributed by atoms with van der Waals surface area (Å²) < 4.78 is 0. The molecule has 1 fully saturated rings. The van der Waals surface area contributed by atoms with Crippen molar-refractivity contribution in [3.05, 3.63) is 35.9 Å². The summed E-state index contributed by atoms with van der Waals surface area (Å²) in [6, 6.07) is 10.1. The second-order valence-electron chi connectivity index (χ2n) is 4.13. The van der Waals surface area contributed by atoms with Crippen LogP contribution < -0.4 is 5.32 Å². The van der Waals surface area contributed by atoms with Crippen LogP contribution in [0.1, 0.15) is 24.8 Å². The molecule has 80 valence electrons. The van der Waals surface area contributed by atoms with Crippen molar-refractivity contribution in [3.8, 4) is 0 Å². The number of benzene rings is 1. The van der Waals surface area contributed by atoms with Crippen molar-refractivity contribution in [1.29, 1.82) is 0 Å². The van der Waals surface area contributed by atoms with E-state index in [1.165, 1.54) is 12.8 Å². The van der Waals surface area contributed by atoms with Gasteiger partial charge >= 0.3 is 0 Å². The molecule has 1 aliphatic heterocycles. The lowest BCUT2D eigenvalue weighted by atomic mass is 9.97. The zero-order chi connectivity index (χ0) is 10.5. The monoisotopic (exact) mass is 203 g/mol. The summed E-state index contributed by atoms with van der Waals surface area (Å²) in [5.74, 6) is 0.334. The van der Waals surface area contributed by atoms with Crippen LogP contribution >= 0.6 is 0 Å². The van der Waals surface area contributed by atoms with Crippen molar-refractivity contribution in [2.75, 3.05) is 6.54 Å². The first kappa shape index (κ1) is 10.4. The standard InChI is InChI=1S/C13H17NO/c15-13(12-8-4-5-9-14-12)10-11-6-2-1-3-7-11/h1-3,6-7,12,14H,4-5,8-10H2. The minimum absolute atomic E-state index is 0.0963. The maximum Gasteiger partial charge on any atom is 0.154 e. The molecule has 0 amide bonds. The maximum atomic E-state index is 11.9. The minimum atomic E-state index is 0.0963. The molecule has 0 radical (unpaired) electrons. The SMILES string of the molecule is O=C(Cc1ccccc1)C1CCCCN1. The smallest absolute Gasteiger partial charge is 0.154 e. The summed E-state index contributed by atoms with van der Waals surface area (Å²) in [6.45, 7) is 0.991. The number of hydrogen-bond donors (Lipinski definition) is 1. The molecule has 1 saturated heterocycles. The fraction of sp³-hybridized carbons (Fsp3) is 0.462. The van der Waals surface area contributed by atoms with Crippen LogP contribution in [0.3, 0.4) is 0 Å². The molecule has 0 aromatic heterocycles. The average molecular weight is 203 g/mol. The number of piperidine rings is 1. The number of hydrogen-bond acceptors (Lipinski definition) is 2. The molecule has 2 rings (SSSR count). The van der Waals surface area contributed by atoms with Crippen LogP contribution in [0.5, 0.6) is 0 Å². The summed E-state index contributed by atoms with van der Waals surface area (Å²) >= 11 is 0. The Morgan fingerprint density at radius 1 is 1.27 bits per heavy atom. The van der Waals surface area contributed by atoms with Gasteiger partial charge in [0.1, 0.15) is 0 Å². The van der Waals surface area contributed by atoms with Crippen LogP contribution in [0.15, 0.2) is 30.3 Å². The molecule has 0 bridgehead atoms. The normalized spacial score (nSPS) is 21.2. The third-order valence-electron chi connectivity index (χ3n) is 2.92. The topological polar surface area (TPSA) is 29.1 Å². The van der Waals surface area contributed by atoms with Crippen LogP contribution in [0.2, 0.25) is 0 Å². The van der Waals surface area contributed by atoms with Crippen molar-refractivity contribution in [3.63, 3.8) is 0 Å². The lowest BCUT2D eigenvalue weighted by Crippen LogP contribution is -2.41. The van der Waals surface area contributed by atoms with Gasteiger partial charge in [-0.25, -0.2) is 0 Å². The summed E-state index contributed by atoms with van der Waals surface area (Å²) in [4.78, 5) is 11.9. The van der Waals surface area contributed by atoms with Gasteiger partial charge in [0, 0.05) is 6.42 Å². The highest BCUT2D eigenvalue weighted by Gasteiger charge is 2.19. The van der Waals surface area contributed by atoms with Crippen LogP contribution in [-0.2, 0) is 11.2 Å². The van der Waals surface area contributed by atoms with Gasteiger partial charge in [0.05, 0.1) is 6.04 Å². The van der Waals surface area contributed by atoms with Crippen LogP contribution in [0.25, 0.3) is 0 Å². The quantitative estimate of drug-likeness (QED) is 0.813. The Morgan fingerprint density at radius 2 is 2.07 bits per heavy atom. The van der Waals surface area contributed by atoms with Gasteiger partial charge in [0.25, 0.3) is 0 Å². The largest absolute Gasteiger partial charge is 0.307 e. The van der Waals surface area contributed by atoms with E-state index in [1.54, 1.807) is 0 Å². The van der Waals surface area contributed by atoms with Crippen molar-refractivity contribution in [2.24, 2.45) is 0 Å². The molecule has 1 aromatic rings. The third-order valence-corrected chi connectivity index (χ3v) is 2.92. The van der Waals surface area contributed by atoms with Crippen molar-refractivity contribution >= 4 is 5.78 Å². The summed E-state index contributed by atoms with van der Waals surface area (Å²) in [7, 11) is 0. The van der Waals surface area contributed by atoms with Crippen LogP contribution in [-0.4, -0.2) is 18.4 Å². The lowest BCUT2D eigenvalue weighted by molar-refractivity contribution is -0.120. The highest BCUT2D eigenvalue weighted by Crippen LogP contribution is 2.10. The molecular formula is C13H17NO. The first-order chi connectivity index (χ1) is 7.36. The minimum Gasteiger partial charge on any atom is -0.307 e. The first-order valence-electron chi connectivity index (χ1n) is 5.66. The van der Waals surface area contributed by atoms with Crippen molar-refractivity contribution < 1.29 is 4.79 Å². The van der Waals surface area contributed by atoms with E-state index in [0.29, 0.717) is 12.2 Å². The third kappa shape index (κ3) is 2.90. The fourth-order valence-electron chi connectivity index (χ4n) is 2.05. The molecule has 2 heteroatoms. The molecule has 1 aliphatic rings. The van der Waals surface area contributed by atoms with E-state index in [4.69, 9.17) is 0 Å². The zero-order valence-electron chi connectivity index (χ0n) is 8.91. The van der Waals surface area contributed by atoms with E-state index >= 15 is 0 Å². The van der Waals surface area contributed by atoms with E-state index < -0.39 is 0 Å². The highest BCUT2D eigenvalue weighted by molar-refractivity contribution is 5.86. The Hall–Kier alpha value is -1.15. The predicted octanol–water partition coefficient (Wildman–Crippen LogP) is 1.94. The number of Topliss-reactive ketones (excluding diaryl/α,β-unsaturated/α-hetero) is 1. The Labute approximate surface area is 90.7 Å². The van der Waals surface area contributed by atoms with Gasteiger partial charge in [-0.15, -0.1) is 0 Å². The Kier molecular flexibility index (Phi) is 3.51. The second kappa shape index (κ2) is 5.08. The van der Waals surface area contributed by atoms with Crippen LogP contribution in [0, 0.1) is 0 Å². The van der Waals surface area contributed by atoms with Gasteiger partial charge in [-0.1, -0.05) is 36.8 Å². The lowest BCUT2D eigenvalue weighted by Gasteiger charge is -2.22. The number of carbonyl (C=O) groups is 1. The number of nitrogens with one attached hydrogen (secondary N) is 1. The molecule has 15 heavy (non-hydrogen) atoms. The van der Waals surface area contributed by atoms with E-state index in [-0.39, 0.29) is 6.04 Å². The van der Waals surface area contributed by atoms with Gasteiger partial charge in [0.2, 0.25) is 0 Å². The molecule has 1 atom stereocenters. The Bertz CT molecular complexity index is 315. The highest BCUT2D eigenvalue weighted by atomic mass is 16.1.